The zero-order valence-electron chi connectivity index (χ0n) is 19.2. The SMILES string of the molecule is CCCCN1C(=O)C[C@@H](C(=O)Nc2ccc(C(=O)OCC)cc2)SC1=Nc1cc(Cl)c(O)c(Cl)c1. The van der Waals surface area contributed by atoms with Gasteiger partial charge in [-0.3, -0.25) is 14.5 Å². The van der Waals surface area contributed by atoms with Crippen molar-refractivity contribution in [2.45, 2.75) is 38.4 Å². The zero-order chi connectivity index (χ0) is 25.5. The molecule has 2 amide bonds. The van der Waals surface area contributed by atoms with Gasteiger partial charge in [-0.1, -0.05) is 48.3 Å². The largest absolute Gasteiger partial charge is 0.505 e. The number of hydrogen-bond donors (Lipinski definition) is 2. The van der Waals surface area contributed by atoms with Gasteiger partial charge in [0.1, 0.15) is 5.25 Å². The van der Waals surface area contributed by atoms with Crippen LogP contribution in [0.1, 0.15) is 43.5 Å². The summed E-state index contributed by atoms with van der Waals surface area (Å²) < 4.78 is 4.96. The highest BCUT2D eigenvalue weighted by atomic mass is 35.5. The van der Waals surface area contributed by atoms with Gasteiger partial charge in [-0.05, 0) is 49.7 Å². The molecule has 1 saturated heterocycles. The lowest BCUT2D eigenvalue weighted by Gasteiger charge is -2.31. The van der Waals surface area contributed by atoms with Crippen LogP contribution < -0.4 is 5.32 Å². The number of amides is 2. The van der Waals surface area contributed by atoms with Crippen molar-refractivity contribution in [3.63, 3.8) is 0 Å². The average molecular weight is 538 g/mol. The molecule has 0 aromatic heterocycles. The Balaban J connectivity index is 1.80. The quantitative estimate of drug-likeness (QED) is 0.422. The lowest BCUT2D eigenvalue weighted by atomic mass is 10.2. The normalized spacial score (nSPS) is 16.9. The summed E-state index contributed by atoms with van der Waals surface area (Å²) in [7, 11) is 0. The van der Waals surface area contributed by atoms with E-state index in [-0.39, 0.29) is 40.6 Å². The van der Waals surface area contributed by atoms with Crippen molar-refractivity contribution in [3.05, 3.63) is 52.0 Å². The first-order chi connectivity index (χ1) is 16.7. The minimum atomic E-state index is -0.716. The number of hydrogen-bond acceptors (Lipinski definition) is 7. The molecule has 0 radical (unpaired) electrons. The molecule has 0 spiro atoms. The fourth-order valence-corrected chi connectivity index (χ4v) is 4.83. The maximum absolute atomic E-state index is 13.0. The number of phenols is 1. The van der Waals surface area contributed by atoms with Crippen molar-refractivity contribution >= 4 is 69.3 Å². The number of aromatic hydroxyl groups is 1. The number of halogens is 2. The Labute approximate surface area is 217 Å². The van der Waals surface area contributed by atoms with Crippen LogP contribution in [0.3, 0.4) is 0 Å². The van der Waals surface area contributed by atoms with Crippen LogP contribution in [0.15, 0.2) is 41.4 Å². The summed E-state index contributed by atoms with van der Waals surface area (Å²) in [5.41, 5.74) is 1.21. The van der Waals surface area contributed by atoms with Crippen LogP contribution in [0.25, 0.3) is 0 Å². The number of carbonyl (C=O) groups is 3. The van der Waals surface area contributed by atoms with Crippen molar-refractivity contribution in [1.82, 2.24) is 4.90 Å². The van der Waals surface area contributed by atoms with Crippen molar-refractivity contribution in [1.29, 1.82) is 0 Å². The van der Waals surface area contributed by atoms with E-state index in [2.05, 4.69) is 10.3 Å². The molecule has 0 saturated carbocycles. The van der Waals surface area contributed by atoms with E-state index in [1.54, 1.807) is 36.1 Å². The monoisotopic (exact) mass is 537 g/mol. The first-order valence-corrected chi connectivity index (χ1v) is 12.7. The Hall–Kier alpha value is -2.75. The maximum atomic E-state index is 13.0. The van der Waals surface area contributed by atoms with Crippen LogP contribution in [0, 0.1) is 0 Å². The average Bonchev–Trinajstić information content (AvgIpc) is 2.82. The Kier molecular flexibility index (Phi) is 9.42. The molecule has 3 rings (SSSR count). The van der Waals surface area contributed by atoms with Crippen molar-refractivity contribution in [3.8, 4) is 5.75 Å². The van der Waals surface area contributed by atoms with Gasteiger partial charge in [-0.15, -0.1) is 0 Å². The molecule has 2 N–H and O–H groups in total. The summed E-state index contributed by atoms with van der Waals surface area (Å²) in [5, 5.41) is 12.3. The van der Waals surface area contributed by atoms with Gasteiger partial charge in [0.25, 0.3) is 0 Å². The van der Waals surface area contributed by atoms with Gasteiger partial charge in [0, 0.05) is 18.7 Å². The Morgan fingerprint density at radius 2 is 1.86 bits per heavy atom. The molecule has 1 heterocycles. The van der Waals surface area contributed by atoms with Crippen LogP contribution in [0.5, 0.6) is 5.75 Å². The molecule has 1 fully saturated rings. The van der Waals surface area contributed by atoms with Crippen molar-refractivity contribution < 1.29 is 24.2 Å². The molecular weight excluding hydrogens is 513 g/mol. The molecule has 0 aliphatic carbocycles. The fraction of sp³-hybridized carbons (Fsp3) is 0.333. The molecule has 11 heteroatoms. The Morgan fingerprint density at radius 1 is 1.20 bits per heavy atom. The van der Waals surface area contributed by atoms with Gasteiger partial charge in [0.15, 0.2) is 10.9 Å². The summed E-state index contributed by atoms with van der Waals surface area (Å²) in [6.07, 6.45) is 1.66. The van der Waals surface area contributed by atoms with Crippen molar-refractivity contribution in [2.75, 3.05) is 18.5 Å². The summed E-state index contributed by atoms with van der Waals surface area (Å²) >= 11 is 13.2. The van der Waals surface area contributed by atoms with E-state index >= 15 is 0 Å². The molecule has 0 bridgehead atoms. The molecule has 1 atom stereocenters. The maximum Gasteiger partial charge on any atom is 0.338 e. The lowest BCUT2D eigenvalue weighted by molar-refractivity contribution is -0.129. The second-order valence-corrected chi connectivity index (χ2v) is 9.63. The first-order valence-electron chi connectivity index (χ1n) is 11.0. The van der Waals surface area contributed by atoms with Crippen LogP contribution >= 0.6 is 35.0 Å². The number of benzene rings is 2. The number of aliphatic imine (C=N–C) groups is 1. The Morgan fingerprint density at radius 3 is 2.46 bits per heavy atom. The van der Waals surface area contributed by atoms with E-state index in [1.807, 2.05) is 6.92 Å². The third kappa shape index (κ3) is 6.90. The summed E-state index contributed by atoms with van der Waals surface area (Å²) in [6.45, 7) is 4.47. The second-order valence-electron chi connectivity index (χ2n) is 7.65. The Bertz CT molecular complexity index is 1120. The summed E-state index contributed by atoms with van der Waals surface area (Å²) in [4.78, 5) is 43.8. The highest BCUT2D eigenvalue weighted by Gasteiger charge is 2.35. The first kappa shape index (κ1) is 26.8. The molecule has 1 aliphatic heterocycles. The highest BCUT2D eigenvalue weighted by molar-refractivity contribution is 8.15. The summed E-state index contributed by atoms with van der Waals surface area (Å²) in [5.74, 6) is -1.28. The smallest absolute Gasteiger partial charge is 0.338 e. The standard InChI is InChI=1S/C24H25Cl2N3O5S/c1-3-5-10-29-20(30)13-19(35-24(29)28-16-11-17(25)21(31)18(26)12-16)22(32)27-15-8-6-14(7-9-15)23(33)34-4-2/h6-9,11-12,19,31H,3-5,10,13H2,1-2H3,(H,27,32)/t19-/m0/s1. The van der Waals surface area contributed by atoms with E-state index in [4.69, 9.17) is 27.9 Å². The highest BCUT2D eigenvalue weighted by Crippen LogP contribution is 2.37. The van der Waals surface area contributed by atoms with Gasteiger partial charge in [-0.2, -0.15) is 0 Å². The predicted molar refractivity (Wildman–Crippen MR) is 139 cm³/mol. The minimum Gasteiger partial charge on any atom is -0.505 e. The summed E-state index contributed by atoms with van der Waals surface area (Å²) in [6, 6.07) is 9.20. The van der Waals surface area contributed by atoms with Crippen molar-refractivity contribution in [2.24, 2.45) is 4.99 Å². The minimum absolute atomic E-state index is 0.0111. The number of thioether (sulfide) groups is 1. The number of unbranched alkanes of at least 4 members (excludes halogenated alkanes) is 1. The number of phenolic OH excluding ortho intramolecular Hbond substituents is 1. The van der Waals surface area contributed by atoms with E-state index in [0.717, 1.165) is 12.8 Å². The van der Waals surface area contributed by atoms with Gasteiger partial charge in [-0.25, -0.2) is 9.79 Å². The van der Waals surface area contributed by atoms with E-state index < -0.39 is 11.2 Å². The fourth-order valence-electron chi connectivity index (χ4n) is 3.23. The molecule has 2 aromatic rings. The van der Waals surface area contributed by atoms with Gasteiger partial charge in [0.05, 0.1) is 27.9 Å². The molecular formula is C24H25Cl2N3O5S. The molecule has 8 nitrogen and oxygen atoms in total. The van der Waals surface area contributed by atoms with Gasteiger partial charge in [0.2, 0.25) is 11.8 Å². The third-order valence-electron chi connectivity index (χ3n) is 5.06. The molecule has 1 aliphatic rings. The number of esters is 1. The topological polar surface area (TPSA) is 108 Å². The van der Waals surface area contributed by atoms with E-state index in [0.29, 0.717) is 28.7 Å². The van der Waals surface area contributed by atoms with Gasteiger partial charge < -0.3 is 15.2 Å². The molecule has 186 valence electrons. The number of anilines is 1. The van der Waals surface area contributed by atoms with E-state index in [9.17, 15) is 19.5 Å². The third-order valence-corrected chi connectivity index (χ3v) is 6.82. The number of nitrogens with one attached hydrogen (secondary N) is 1. The molecule has 2 aromatic carbocycles. The molecule has 0 unspecified atom stereocenters. The van der Waals surface area contributed by atoms with Crippen LogP contribution in [-0.4, -0.2) is 51.4 Å². The number of amidine groups is 1. The van der Waals surface area contributed by atoms with Crippen LogP contribution in [-0.2, 0) is 14.3 Å². The number of carbonyl (C=O) groups excluding carboxylic acids is 3. The van der Waals surface area contributed by atoms with E-state index in [1.165, 1.54) is 23.9 Å². The predicted octanol–water partition coefficient (Wildman–Crippen LogP) is 5.64. The van der Waals surface area contributed by atoms with Gasteiger partial charge >= 0.3 is 5.97 Å². The van der Waals surface area contributed by atoms with Crippen LogP contribution in [0.4, 0.5) is 11.4 Å². The number of nitrogens with zero attached hydrogens (tertiary/aromatic N) is 2. The van der Waals surface area contributed by atoms with Crippen LogP contribution in [0.2, 0.25) is 10.0 Å². The number of rotatable bonds is 8. The lowest BCUT2D eigenvalue weighted by Crippen LogP contribution is -2.45. The second kappa shape index (κ2) is 12.3. The molecule has 35 heavy (non-hydrogen) atoms. The zero-order valence-corrected chi connectivity index (χ0v) is 21.5. The number of ether oxygens (including phenoxy) is 1.